The number of nitrogens with zero attached hydrogens (tertiary/aromatic N) is 1. The maximum atomic E-state index is 12.2. The van der Waals surface area contributed by atoms with Gasteiger partial charge in [0.1, 0.15) is 11.5 Å². The van der Waals surface area contributed by atoms with E-state index in [1.54, 1.807) is 0 Å². The Hall–Kier alpha value is -2.63. The van der Waals surface area contributed by atoms with Gasteiger partial charge in [-0.1, -0.05) is 18.2 Å². The smallest absolute Gasteiger partial charge is 0.271 e. The van der Waals surface area contributed by atoms with Gasteiger partial charge in [-0.05, 0) is 25.5 Å². The number of anilines is 1. The van der Waals surface area contributed by atoms with Crippen LogP contribution in [0.2, 0.25) is 0 Å². The molecule has 2 heterocycles. The highest BCUT2D eigenvalue weighted by Gasteiger charge is 2.25. The predicted molar refractivity (Wildman–Crippen MR) is 82.8 cm³/mol. The number of fused-ring (bicyclic) bond motifs is 1. The summed E-state index contributed by atoms with van der Waals surface area (Å²) in [6, 6.07) is 7.68. The minimum atomic E-state index is -0.217. The number of hydrogen-bond acceptors (Lipinski definition) is 3. The van der Waals surface area contributed by atoms with Crippen molar-refractivity contribution in [1.82, 2.24) is 15.3 Å². The lowest BCUT2D eigenvalue weighted by Gasteiger charge is -2.25. The van der Waals surface area contributed by atoms with E-state index in [-0.39, 0.29) is 17.7 Å². The fraction of sp³-hybridized carbons (Fsp3) is 0.312. The third kappa shape index (κ3) is 2.72. The standard InChI is InChI=1S/C16H18N4O2/c1-9-15(19-10(2)18-9)16(22)17-8-11-7-14(21)20-13-6-4-3-5-12(11)13/h3-6,11H,7-8H2,1-2H3,(H,17,22)(H,18,19)(H,20,21). The van der Waals surface area contributed by atoms with E-state index in [4.69, 9.17) is 0 Å². The summed E-state index contributed by atoms with van der Waals surface area (Å²) in [6.07, 6.45) is 0.371. The van der Waals surface area contributed by atoms with Crippen molar-refractivity contribution in [2.45, 2.75) is 26.2 Å². The summed E-state index contributed by atoms with van der Waals surface area (Å²) < 4.78 is 0. The highest BCUT2D eigenvalue weighted by molar-refractivity contribution is 5.95. The van der Waals surface area contributed by atoms with E-state index in [1.807, 2.05) is 38.1 Å². The van der Waals surface area contributed by atoms with E-state index in [1.165, 1.54) is 0 Å². The molecule has 0 spiro atoms. The molecule has 6 nitrogen and oxygen atoms in total. The zero-order valence-electron chi connectivity index (χ0n) is 12.6. The number of aromatic nitrogens is 2. The highest BCUT2D eigenvalue weighted by atomic mass is 16.2. The molecule has 2 aromatic rings. The summed E-state index contributed by atoms with van der Waals surface area (Å²) in [7, 11) is 0. The number of benzene rings is 1. The third-order valence-corrected chi connectivity index (χ3v) is 3.83. The van der Waals surface area contributed by atoms with E-state index in [0.29, 0.717) is 24.5 Å². The Balaban J connectivity index is 1.73. The van der Waals surface area contributed by atoms with Crippen LogP contribution in [0.25, 0.3) is 0 Å². The molecule has 3 rings (SSSR count). The number of hydrogen-bond donors (Lipinski definition) is 3. The molecule has 0 saturated heterocycles. The number of carbonyl (C=O) groups excluding carboxylic acids is 2. The first-order valence-corrected chi connectivity index (χ1v) is 7.25. The Morgan fingerprint density at radius 1 is 1.36 bits per heavy atom. The van der Waals surface area contributed by atoms with Gasteiger partial charge in [0.25, 0.3) is 5.91 Å². The number of imidazole rings is 1. The summed E-state index contributed by atoms with van der Waals surface area (Å²) in [5.74, 6) is 0.453. The number of aryl methyl sites for hydroxylation is 2. The molecule has 114 valence electrons. The van der Waals surface area contributed by atoms with Crippen LogP contribution in [-0.4, -0.2) is 28.3 Å². The summed E-state index contributed by atoms with van der Waals surface area (Å²) in [4.78, 5) is 31.2. The Labute approximate surface area is 128 Å². The molecule has 1 aliphatic rings. The van der Waals surface area contributed by atoms with Crippen LogP contribution in [0, 0.1) is 13.8 Å². The molecule has 6 heteroatoms. The van der Waals surface area contributed by atoms with Gasteiger partial charge in [0.15, 0.2) is 0 Å². The van der Waals surface area contributed by atoms with Crippen molar-refractivity contribution in [3.8, 4) is 0 Å². The van der Waals surface area contributed by atoms with Crippen LogP contribution in [-0.2, 0) is 4.79 Å². The number of amides is 2. The van der Waals surface area contributed by atoms with Gasteiger partial charge < -0.3 is 15.6 Å². The Kier molecular flexibility index (Phi) is 3.66. The fourth-order valence-corrected chi connectivity index (χ4v) is 2.81. The lowest BCUT2D eigenvalue weighted by molar-refractivity contribution is -0.116. The van der Waals surface area contributed by atoms with E-state index < -0.39 is 0 Å². The molecule has 1 aliphatic heterocycles. The van der Waals surface area contributed by atoms with E-state index in [0.717, 1.165) is 16.9 Å². The first kappa shape index (κ1) is 14.3. The van der Waals surface area contributed by atoms with Crippen molar-refractivity contribution >= 4 is 17.5 Å². The maximum Gasteiger partial charge on any atom is 0.271 e. The molecule has 1 aromatic carbocycles. The van der Waals surface area contributed by atoms with Crippen molar-refractivity contribution in [3.05, 3.63) is 47.0 Å². The lowest BCUT2D eigenvalue weighted by Crippen LogP contribution is -2.33. The van der Waals surface area contributed by atoms with Crippen LogP contribution in [0.4, 0.5) is 5.69 Å². The molecule has 22 heavy (non-hydrogen) atoms. The molecular formula is C16H18N4O2. The average molecular weight is 298 g/mol. The number of para-hydroxylation sites is 1. The fourth-order valence-electron chi connectivity index (χ4n) is 2.81. The van der Waals surface area contributed by atoms with Gasteiger partial charge in [0.05, 0.1) is 0 Å². The van der Waals surface area contributed by atoms with Crippen molar-refractivity contribution in [2.75, 3.05) is 11.9 Å². The second-order valence-electron chi connectivity index (χ2n) is 5.54. The minimum Gasteiger partial charge on any atom is -0.350 e. The number of carbonyl (C=O) groups is 2. The summed E-state index contributed by atoms with van der Waals surface area (Å²) in [5, 5.41) is 5.74. The Morgan fingerprint density at radius 2 is 2.14 bits per heavy atom. The van der Waals surface area contributed by atoms with Crippen molar-refractivity contribution in [2.24, 2.45) is 0 Å². The Morgan fingerprint density at radius 3 is 2.86 bits per heavy atom. The topological polar surface area (TPSA) is 86.9 Å². The van der Waals surface area contributed by atoms with Gasteiger partial charge in [0.2, 0.25) is 5.91 Å². The molecule has 1 aromatic heterocycles. The molecule has 1 atom stereocenters. The van der Waals surface area contributed by atoms with Crippen LogP contribution < -0.4 is 10.6 Å². The lowest BCUT2D eigenvalue weighted by atomic mass is 9.90. The first-order chi connectivity index (χ1) is 10.5. The average Bonchev–Trinajstić information content (AvgIpc) is 2.83. The van der Waals surface area contributed by atoms with Gasteiger partial charge in [-0.15, -0.1) is 0 Å². The molecule has 3 N–H and O–H groups in total. The number of H-pyrrole nitrogens is 1. The second-order valence-corrected chi connectivity index (χ2v) is 5.54. The SMILES string of the molecule is Cc1nc(C(=O)NCC2CC(=O)Nc3ccccc32)c(C)[nH]1. The normalized spacial score (nSPS) is 16.8. The van der Waals surface area contributed by atoms with Crippen molar-refractivity contribution in [1.29, 1.82) is 0 Å². The van der Waals surface area contributed by atoms with Crippen molar-refractivity contribution < 1.29 is 9.59 Å². The Bertz CT molecular complexity index is 735. The van der Waals surface area contributed by atoms with Gasteiger partial charge in [-0.2, -0.15) is 0 Å². The van der Waals surface area contributed by atoms with E-state index in [2.05, 4.69) is 20.6 Å². The molecule has 0 aliphatic carbocycles. The van der Waals surface area contributed by atoms with Crippen LogP contribution >= 0.6 is 0 Å². The highest BCUT2D eigenvalue weighted by Crippen LogP contribution is 2.31. The molecule has 0 saturated carbocycles. The second kappa shape index (κ2) is 5.63. The maximum absolute atomic E-state index is 12.2. The quantitative estimate of drug-likeness (QED) is 0.808. The molecule has 0 fully saturated rings. The summed E-state index contributed by atoms with van der Waals surface area (Å²) >= 11 is 0. The zero-order chi connectivity index (χ0) is 15.7. The molecular weight excluding hydrogens is 280 g/mol. The van der Waals surface area contributed by atoms with Crippen LogP contribution in [0.15, 0.2) is 24.3 Å². The van der Waals surface area contributed by atoms with E-state index in [9.17, 15) is 9.59 Å². The monoisotopic (exact) mass is 298 g/mol. The minimum absolute atomic E-state index is 0.0192. The summed E-state index contributed by atoms with van der Waals surface area (Å²) in [6.45, 7) is 4.04. The van der Waals surface area contributed by atoms with Gasteiger partial charge in [-0.25, -0.2) is 4.98 Å². The van der Waals surface area contributed by atoms with Crippen LogP contribution in [0.3, 0.4) is 0 Å². The molecule has 0 radical (unpaired) electrons. The number of nitrogens with one attached hydrogen (secondary N) is 3. The summed E-state index contributed by atoms with van der Waals surface area (Å²) in [5.41, 5.74) is 3.03. The van der Waals surface area contributed by atoms with Gasteiger partial charge in [-0.3, -0.25) is 9.59 Å². The number of rotatable bonds is 3. The van der Waals surface area contributed by atoms with Crippen LogP contribution in [0.5, 0.6) is 0 Å². The molecule has 2 amide bonds. The van der Waals surface area contributed by atoms with Gasteiger partial charge >= 0.3 is 0 Å². The largest absolute Gasteiger partial charge is 0.350 e. The zero-order valence-corrected chi connectivity index (χ0v) is 12.6. The number of aromatic amines is 1. The van der Waals surface area contributed by atoms with Gasteiger partial charge in [0, 0.05) is 30.3 Å². The molecule has 1 unspecified atom stereocenters. The first-order valence-electron chi connectivity index (χ1n) is 7.25. The van der Waals surface area contributed by atoms with E-state index >= 15 is 0 Å². The molecule has 0 bridgehead atoms. The van der Waals surface area contributed by atoms with Crippen LogP contribution in [0.1, 0.15) is 39.9 Å². The third-order valence-electron chi connectivity index (χ3n) is 3.83. The predicted octanol–water partition coefficient (Wildman–Crippen LogP) is 1.88. The van der Waals surface area contributed by atoms with Crippen molar-refractivity contribution in [3.63, 3.8) is 0 Å².